The minimum absolute atomic E-state index is 0.00134. The fourth-order valence-electron chi connectivity index (χ4n) is 3.66. The van der Waals surface area contributed by atoms with Gasteiger partial charge in [-0.05, 0) is 25.0 Å². The zero-order valence-electron chi connectivity index (χ0n) is 16.8. The van der Waals surface area contributed by atoms with Crippen LogP contribution in [0.25, 0.3) is 0 Å². The second-order valence-electron chi connectivity index (χ2n) is 7.26. The van der Waals surface area contributed by atoms with Crippen molar-refractivity contribution in [3.05, 3.63) is 71.8 Å². The Morgan fingerprint density at radius 3 is 2.34 bits per heavy atom. The lowest BCUT2D eigenvalue weighted by atomic mass is 9.85. The number of likely N-dealkylation sites (tertiary alicyclic amines) is 1. The molecule has 0 radical (unpaired) electrons. The summed E-state index contributed by atoms with van der Waals surface area (Å²) in [6.45, 7) is 4.02. The number of rotatable bonds is 7. The van der Waals surface area contributed by atoms with Crippen molar-refractivity contribution in [2.45, 2.75) is 32.9 Å². The Kier molecular flexibility index (Phi) is 6.32. The summed E-state index contributed by atoms with van der Waals surface area (Å²) in [5, 5.41) is 2.82. The van der Waals surface area contributed by atoms with E-state index in [1.807, 2.05) is 67.6 Å². The van der Waals surface area contributed by atoms with Crippen LogP contribution in [0.5, 0.6) is 0 Å². The molecule has 2 aromatic rings. The van der Waals surface area contributed by atoms with Crippen LogP contribution in [0.4, 0.5) is 0 Å². The fraction of sp³-hybridized carbons (Fsp3) is 0.348. The van der Waals surface area contributed by atoms with Crippen molar-refractivity contribution in [3.63, 3.8) is 0 Å². The molecular weight excluding hydrogens is 368 g/mol. The maximum atomic E-state index is 13.1. The van der Waals surface area contributed by atoms with E-state index in [-0.39, 0.29) is 38.1 Å². The first kappa shape index (κ1) is 20.6. The number of nitrogens with zero attached hydrogens (tertiary/aromatic N) is 1. The van der Waals surface area contributed by atoms with Crippen molar-refractivity contribution in [3.8, 4) is 0 Å². The third-order valence-corrected chi connectivity index (χ3v) is 5.36. The molecule has 0 saturated carbocycles. The Morgan fingerprint density at radius 2 is 1.72 bits per heavy atom. The van der Waals surface area contributed by atoms with E-state index in [0.717, 1.165) is 11.1 Å². The van der Waals surface area contributed by atoms with E-state index in [2.05, 4.69) is 5.32 Å². The number of ether oxygens (including phenoxy) is 1. The van der Waals surface area contributed by atoms with Gasteiger partial charge in [-0.2, -0.15) is 0 Å². The Bertz CT molecular complexity index is 869. The molecule has 0 aliphatic carbocycles. The summed E-state index contributed by atoms with van der Waals surface area (Å²) < 4.78 is 5.21. The molecule has 0 unspecified atom stereocenters. The van der Waals surface area contributed by atoms with Crippen LogP contribution in [0, 0.1) is 5.41 Å². The van der Waals surface area contributed by atoms with E-state index in [4.69, 9.17) is 4.74 Å². The second-order valence-corrected chi connectivity index (χ2v) is 7.26. The molecule has 1 N–H and O–H groups in total. The zero-order chi connectivity index (χ0) is 20.9. The Balaban J connectivity index is 1.82. The summed E-state index contributed by atoms with van der Waals surface area (Å²) in [4.78, 5) is 40.3. The number of hydrogen-bond donors (Lipinski definition) is 1. The Morgan fingerprint density at radius 1 is 1.10 bits per heavy atom. The lowest BCUT2D eigenvalue weighted by molar-refractivity contribution is -0.160. The van der Waals surface area contributed by atoms with E-state index in [9.17, 15) is 14.4 Å². The molecule has 6 nitrogen and oxygen atoms in total. The molecule has 29 heavy (non-hydrogen) atoms. The molecule has 152 valence electrons. The average molecular weight is 394 g/mol. The van der Waals surface area contributed by atoms with Gasteiger partial charge in [-0.25, -0.2) is 0 Å². The molecule has 1 heterocycles. The van der Waals surface area contributed by atoms with Crippen molar-refractivity contribution in [1.29, 1.82) is 0 Å². The highest BCUT2D eigenvalue weighted by molar-refractivity contribution is 6.08. The van der Waals surface area contributed by atoms with E-state index >= 15 is 0 Å². The van der Waals surface area contributed by atoms with E-state index in [1.54, 1.807) is 11.8 Å². The molecule has 0 spiro atoms. The second kappa shape index (κ2) is 8.90. The summed E-state index contributed by atoms with van der Waals surface area (Å²) >= 11 is 0. The van der Waals surface area contributed by atoms with Gasteiger partial charge in [-0.15, -0.1) is 0 Å². The molecule has 6 heteroatoms. The molecule has 1 saturated heterocycles. The Hall–Kier alpha value is -3.15. The first-order valence-electron chi connectivity index (χ1n) is 9.82. The van der Waals surface area contributed by atoms with Crippen LogP contribution in [0.2, 0.25) is 0 Å². The predicted molar refractivity (Wildman–Crippen MR) is 109 cm³/mol. The number of benzene rings is 2. The number of nitrogens with one attached hydrogen (secondary N) is 1. The maximum Gasteiger partial charge on any atom is 0.324 e. The molecular formula is C23H26N2O4. The van der Waals surface area contributed by atoms with Gasteiger partial charge in [-0.1, -0.05) is 60.7 Å². The largest absolute Gasteiger partial charge is 0.465 e. The number of carbonyl (C=O) groups excluding carboxylic acids is 3. The molecule has 2 aromatic carbocycles. The minimum atomic E-state index is -1.54. The van der Waals surface area contributed by atoms with E-state index in [1.165, 1.54) is 0 Å². The van der Waals surface area contributed by atoms with Gasteiger partial charge in [0.25, 0.3) is 0 Å². The average Bonchev–Trinajstić information content (AvgIpc) is 3.11. The number of hydrogen-bond acceptors (Lipinski definition) is 4. The molecule has 3 rings (SSSR count). The van der Waals surface area contributed by atoms with Crippen LogP contribution in [0.1, 0.15) is 37.4 Å². The summed E-state index contributed by atoms with van der Waals surface area (Å²) in [5.74, 6) is -1.36. The first-order chi connectivity index (χ1) is 14.0. The van der Waals surface area contributed by atoms with Gasteiger partial charge in [0.1, 0.15) is 0 Å². The van der Waals surface area contributed by atoms with Crippen LogP contribution in [-0.2, 0) is 25.7 Å². The van der Waals surface area contributed by atoms with Gasteiger partial charge >= 0.3 is 5.97 Å². The zero-order valence-corrected chi connectivity index (χ0v) is 16.8. The van der Waals surface area contributed by atoms with Gasteiger partial charge in [0.2, 0.25) is 11.8 Å². The highest BCUT2D eigenvalue weighted by atomic mass is 16.5. The van der Waals surface area contributed by atoms with Crippen LogP contribution >= 0.6 is 0 Å². The van der Waals surface area contributed by atoms with Gasteiger partial charge in [-0.3, -0.25) is 14.4 Å². The van der Waals surface area contributed by atoms with Crippen molar-refractivity contribution >= 4 is 17.8 Å². The number of amides is 2. The monoisotopic (exact) mass is 394 g/mol. The number of carbonyl (C=O) groups is 3. The summed E-state index contributed by atoms with van der Waals surface area (Å²) in [5.41, 5.74) is 0.328. The lowest BCUT2D eigenvalue weighted by Gasteiger charge is -2.28. The van der Waals surface area contributed by atoms with E-state index in [0.29, 0.717) is 0 Å². The highest BCUT2D eigenvalue weighted by Crippen LogP contribution is 2.38. The smallest absolute Gasteiger partial charge is 0.324 e. The topological polar surface area (TPSA) is 75.7 Å². The lowest BCUT2D eigenvalue weighted by Crippen LogP contribution is -2.49. The van der Waals surface area contributed by atoms with Crippen LogP contribution in [0.3, 0.4) is 0 Å². The van der Waals surface area contributed by atoms with Gasteiger partial charge in [0, 0.05) is 13.1 Å². The summed E-state index contributed by atoms with van der Waals surface area (Å²) in [6.07, 6.45) is -0.191. The highest BCUT2D eigenvalue weighted by Gasteiger charge is 2.56. The van der Waals surface area contributed by atoms with Gasteiger partial charge in [0.15, 0.2) is 5.41 Å². The molecule has 1 aliphatic heterocycles. The number of esters is 1. The fourth-order valence-corrected chi connectivity index (χ4v) is 3.66. The van der Waals surface area contributed by atoms with Crippen LogP contribution in [-0.4, -0.2) is 35.8 Å². The summed E-state index contributed by atoms with van der Waals surface area (Å²) in [7, 11) is 0. The Labute approximate surface area is 170 Å². The van der Waals surface area contributed by atoms with Gasteiger partial charge in [0.05, 0.1) is 19.1 Å². The normalized spacial score (nSPS) is 19.7. The van der Waals surface area contributed by atoms with Crippen LogP contribution < -0.4 is 5.32 Å². The van der Waals surface area contributed by atoms with Crippen LogP contribution in [0.15, 0.2) is 60.7 Å². The standard InChI is InChI=1S/C23H26N2O4/c1-3-29-22(28)23(21(27)24-15-18-10-6-4-7-11-18)14-20(26)25(16-23)17(2)19-12-8-5-9-13-19/h4-13,17H,3,14-16H2,1-2H3,(H,24,27)/t17-,23+/m1/s1. The van der Waals surface area contributed by atoms with Gasteiger partial charge < -0.3 is 15.0 Å². The molecule has 1 aliphatic rings. The SMILES string of the molecule is CCOC(=O)[C@@]1(C(=O)NCc2ccccc2)CC(=O)N([C@H](C)c2ccccc2)C1. The first-order valence-corrected chi connectivity index (χ1v) is 9.82. The molecule has 0 bridgehead atoms. The van der Waals surface area contributed by atoms with Crippen molar-refractivity contribution in [2.75, 3.05) is 13.2 Å². The minimum Gasteiger partial charge on any atom is -0.465 e. The van der Waals surface area contributed by atoms with Crippen molar-refractivity contribution in [1.82, 2.24) is 10.2 Å². The third-order valence-electron chi connectivity index (χ3n) is 5.36. The van der Waals surface area contributed by atoms with Crippen molar-refractivity contribution in [2.24, 2.45) is 5.41 Å². The maximum absolute atomic E-state index is 13.1. The van der Waals surface area contributed by atoms with Crippen molar-refractivity contribution < 1.29 is 19.1 Å². The molecule has 1 fully saturated rings. The molecule has 2 amide bonds. The van der Waals surface area contributed by atoms with E-state index < -0.39 is 17.3 Å². The third kappa shape index (κ3) is 4.31. The molecule has 0 aromatic heterocycles. The quantitative estimate of drug-likeness (QED) is 0.579. The predicted octanol–water partition coefficient (Wildman–Crippen LogP) is 2.85. The molecule has 2 atom stereocenters. The summed E-state index contributed by atoms with van der Waals surface area (Å²) in [6, 6.07) is 18.7.